The van der Waals surface area contributed by atoms with E-state index in [9.17, 15) is 4.79 Å². The monoisotopic (exact) mass is 332 g/mol. The quantitative estimate of drug-likeness (QED) is 0.740. The molecule has 3 rings (SSSR count). The van der Waals surface area contributed by atoms with Gasteiger partial charge in [-0.1, -0.05) is 23.7 Å². The molecule has 1 N–H and O–H groups in total. The van der Waals surface area contributed by atoms with Crippen molar-refractivity contribution in [3.8, 4) is 11.3 Å². The molecule has 112 valence electrons. The Morgan fingerprint density at radius 2 is 1.95 bits per heavy atom. The molecular formula is C16H13ClN2O2S. The molecule has 0 radical (unpaired) electrons. The van der Waals surface area contributed by atoms with Gasteiger partial charge in [0.05, 0.1) is 12.0 Å². The van der Waals surface area contributed by atoms with Crippen LogP contribution in [0.1, 0.15) is 21.0 Å². The number of aromatic nitrogens is 1. The van der Waals surface area contributed by atoms with Crippen LogP contribution in [-0.2, 0) is 0 Å². The van der Waals surface area contributed by atoms with Crippen molar-refractivity contribution < 1.29 is 9.21 Å². The van der Waals surface area contributed by atoms with Gasteiger partial charge < -0.3 is 4.42 Å². The first-order chi connectivity index (χ1) is 10.5. The number of nitrogens with zero attached hydrogens (tertiary/aromatic N) is 1. The summed E-state index contributed by atoms with van der Waals surface area (Å²) in [7, 11) is 0. The van der Waals surface area contributed by atoms with Gasteiger partial charge in [0.25, 0.3) is 5.91 Å². The summed E-state index contributed by atoms with van der Waals surface area (Å²) < 4.78 is 5.18. The molecule has 0 unspecified atom stereocenters. The average molecular weight is 333 g/mol. The number of nitrogens with one attached hydrogen (secondary N) is 1. The second-order valence-electron chi connectivity index (χ2n) is 4.82. The molecule has 6 heteroatoms. The predicted octanol–water partition coefficient (Wildman–Crippen LogP) is 4.93. The van der Waals surface area contributed by atoms with E-state index in [0.717, 1.165) is 21.7 Å². The topological polar surface area (TPSA) is 55.1 Å². The van der Waals surface area contributed by atoms with Gasteiger partial charge >= 0.3 is 0 Å². The van der Waals surface area contributed by atoms with Gasteiger partial charge in [0.2, 0.25) is 0 Å². The van der Waals surface area contributed by atoms with Gasteiger partial charge in [-0.2, -0.15) is 0 Å². The summed E-state index contributed by atoms with van der Waals surface area (Å²) in [5.74, 6) is 0.0137. The zero-order chi connectivity index (χ0) is 15.7. The molecule has 22 heavy (non-hydrogen) atoms. The van der Waals surface area contributed by atoms with Gasteiger partial charge in [-0.3, -0.25) is 10.1 Å². The third-order valence-electron chi connectivity index (χ3n) is 3.20. The van der Waals surface area contributed by atoms with Crippen molar-refractivity contribution in [3.05, 3.63) is 57.8 Å². The zero-order valence-corrected chi connectivity index (χ0v) is 13.6. The van der Waals surface area contributed by atoms with Crippen molar-refractivity contribution in [2.45, 2.75) is 13.8 Å². The molecule has 2 aromatic heterocycles. The fourth-order valence-electron chi connectivity index (χ4n) is 2.08. The lowest BCUT2D eigenvalue weighted by Gasteiger charge is -2.00. The summed E-state index contributed by atoms with van der Waals surface area (Å²) in [6, 6.07) is 9.21. The van der Waals surface area contributed by atoms with Gasteiger partial charge in [-0.25, -0.2) is 4.98 Å². The van der Waals surface area contributed by atoms with Crippen LogP contribution in [0.15, 0.2) is 41.0 Å². The molecule has 0 saturated carbocycles. The number of benzene rings is 1. The number of hydrogen-bond donors (Lipinski definition) is 1. The van der Waals surface area contributed by atoms with Crippen LogP contribution >= 0.6 is 22.9 Å². The van der Waals surface area contributed by atoms with Crippen LogP contribution in [0, 0.1) is 13.8 Å². The van der Waals surface area contributed by atoms with E-state index in [1.807, 2.05) is 38.1 Å². The smallest absolute Gasteiger partial charge is 0.293 e. The average Bonchev–Trinajstić information content (AvgIpc) is 3.06. The Kier molecular flexibility index (Phi) is 4.00. The molecule has 0 aliphatic heterocycles. The second-order valence-corrected chi connectivity index (χ2v) is 6.46. The molecule has 2 heterocycles. The maximum Gasteiger partial charge on any atom is 0.293 e. The Balaban J connectivity index is 1.85. The number of carbonyl (C=O) groups excluding carboxylic acids is 1. The van der Waals surface area contributed by atoms with Gasteiger partial charge in [-0.15, -0.1) is 11.3 Å². The fraction of sp³-hybridized carbons (Fsp3) is 0.125. The minimum atomic E-state index is -0.293. The lowest BCUT2D eigenvalue weighted by atomic mass is 10.1. The summed E-state index contributed by atoms with van der Waals surface area (Å²) >= 11 is 7.33. The Morgan fingerprint density at radius 3 is 2.59 bits per heavy atom. The third kappa shape index (κ3) is 2.91. The van der Waals surface area contributed by atoms with Crippen molar-refractivity contribution in [1.29, 1.82) is 0 Å². The Labute approximate surface area is 136 Å². The van der Waals surface area contributed by atoms with Crippen LogP contribution in [0.2, 0.25) is 5.02 Å². The predicted molar refractivity (Wildman–Crippen MR) is 88.7 cm³/mol. The number of thiazole rings is 1. The second kappa shape index (κ2) is 5.94. The molecule has 0 spiro atoms. The van der Waals surface area contributed by atoms with E-state index in [0.29, 0.717) is 15.9 Å². The normalized spacial score (nSPS) is 10.7. The highest BCUT2D eigenvalue weighted by Gasteiger charge is 2.16. The standard InChI is InChI=1S/C16H13ClN2O2S/c1-9-7-8-21-14(9)15(20)19-16-18-13(10(2)22-16)11-3-5-12(17)6-4-11/h3-8H,1-2H3,(H,18,19,20). The highest BCUT2D eigenvalue weighted by atomic mass is 35.5. The van der Waals surface area contributed by atoms with Crippen molar-refractivity contribution in [2.75, 3.05) is 5.32 Å². The SMILES string of the molecule is Cc1ccoc1C(=O)Nc1nc(-c2ccc(Cl)cc2)c(C)s1. The summed E-state index contributed by atoms with van der Waals surface area (Å²) in [6.45, 7) is 3.79. The fourth-order valence-corrected chi connectivity index (χ4v) is 3.04. The number of furan rings is 1. The first-order valence-electron chi connectivity index (χ1n) is 6.63. The van der Waals surface area contributed by atoms with Crippen molar-refractivity contribution in [2.24, 2.45) is 0 Å². The number of carbonyl (C=O) groups is 1. The van der Waals surface area contributed by atoms with Gasteiger partial charge in [0.1, 0.15) is 0 Å². The lowest BCUT2D eigenvalue weighted by Crippen LogP contribution is -2.11. The number of rotatable bonds is 3. The number of aryl methyl sites for hydroxylation is 2. The van der Waals surface area contributed by atoms with Crippen molar-refractivity contribution in [3.63, 3.8) is 0 Å². The summed E-state index contributed by atoms with van der Waals surface area (Å²) in [5, 5.41) is 4.00. The van der Waals surface area contributed by atoms with Crippen LogP contribution < -0.4 is 5.32 Å². The molecule has 1 amide bonds. The molecule has 0 aliphatic rings. The highest BCUT2D eigenvalue weighted by molar-refractivity contribution is 7.16. The van der Waals surface area contributed by atoms with E-state index in [4.69, 9.17) is 16.0 Å². The third-order valence-corrected chi connectivity index (χ3v) is 4.34. The highest BCUT2D eigenvalue weighted by Crippen LogP contribution is 2.31. The van der Waals surface area contributed by atoms with E-state index in [2.05, 4.69) is 10.3 Å². The first kappa shape index (κ1) is 14.8. The van der Waals surface area contributed by atoms with E-state index >= 15 is 0 Å². The maximum atomic E-state index is 12.1. The molecule has 0 fully saturated rings. The van der Waals surface area contributed by atoms with Crippen LogP contribution in [-0.4, -0.2) is 10.9 Å². The summed E-state index contributed by atoms with van der Waals surface area (Å²) in [5.41, 5.74) is 2.60. The van der Waals surface area contributed by atoms with Gasteiger partial charge in [0.15, 0.2) is 10.9 Å². The Hall–Kier alpha value is -2.11. The molecule has 0 saturated heterocycles. The minimum Gasteiger partial charge on any atom is -0.459 e. The lowest BCUT2D eigenvalue weighted by molar-refractivity contribution is 0.0996. The molecule has 0 bridgehead atoms. The molecule has 4 nitrogen and oxygen atoms in total. The van der Waals surface area contributed by atoms with E-state index in [1.165, 1.54) is 17.6 Å². The zero-order valence-electron chi connectivity index (χ0n) is 12.0. The van der Waals surface area contributed by atoms with Crippen molar-refractivity contribution >= 4 is 34.0 Å². The van der Waals surface area contributed by atoms with E-state index < -0.39 is 0 Å². The van der Waals surface area contributed by atoms with Gasteiger partial charge in [-0.05, 0) is 32.0 Å². The number of hydrogen-bond acceptors (Lipinski definition) is 4. The van der Waals surface area contributed by atoms with E-state index in [-0.39, 0.29) is 5.91 Å². The van der Waals surface area contributed by atoms with E-state index in [1.54, 1.807) is 6.07 Å². The minimum absolute atomic E-state index is 0.293. The van der Waals surface area contributed by atoms with Gasteiger partial charge in [0, 0.05) is 21.0 Å². The summed E-state index contributed by atoms with van der Waals surface area (Å²) in [6.07, 6.45) is 1.50. The summed E-state index contributed by atoms with van der Waals surface area (Å²) in [4.78, 5) is 17.7. The van der Waals surface area contributed by atoms with Crippen LogP contribution in [0.25, 0.3) is 11.3 Å². The number of halogens is 1. The Morgan fingerprint density at radius 1 is 1.23 bits per heavy atom. The first-order valence-corrected chi connectivity index (χ1v) is 7.83. The maximum absolute atomic E-state index is 12.1. The van der Waals surface area contributed by atoms with Crippen LogP contribution in [0.5, 0.6) is 0 Å². The largest absolute Gasteiger partial charge is 0.459 e. The molecule has 0 atom stereocenters. The number of anilines is 1. The molecular weight excluding hydrogens is 320 g/mol. The molecule has 1 aromatic carbocycles. The van der Waals surface area contributed by atoms with Crippen LogP contribution in [0.3, 0.4) is 0 Å². The van der Waals surface area contributed by atoms with Crippen LogP contribution in [0.4, 0.5) is 5.13 Å². The Bertz CT molecular complexity index is 821. The molecule has 0 aliphatic carbocycles. The number of amides is 1. The molecule has 3 aromatic rings. The van der Waals surface area contributed by atoms with Crippen molar-refractivity contribution in [1.82, 2.24) is 4.98 Å².